The SMILES string of the molecule is CCn1c(N2CCCC(C(=O)NCCCN3CCC(N4CCCCC4)CC3)C2)cc(=O)n(C)c1=O. The van der Waals surface area contributed by atoms with Crippen LogP contribution >= 0.6 is 0 Å². The van der Waals surface area contributed by atoms with Gasteiger partial charge in [0.25, 0.3) is 5.56 Å². The molecule has 196 valence electrons. The standard InChI is InChI=1S/C26H44N6O3/c1-3-32-23(19-24(33)28(2)26(32)35)31-16-7-9-21(20-31)25(34)27-12-8-13-29-17-10-22(11-18-29)30-14-5-4-6-15-30/h19,21-22H,3-18,20H2,1-2H3,(H,27,34). The first kappa shape index (κ1) is 25.9. The minimum absolute atomic E-state index is 0.0905. The molecular weight excluding hydrogens is 444 g/mol. The summed E-state index contributed by atoms with van der Waals surface area (Å²) in [7, 11) is 1.50. The third-order valence-corrected chi connectivity index (χ3v) is 8.22. The van der Waals surface area contributed by atoms with Gasteiger partial charge in [-0.2, -0.15) is 0 Å². The predicted molar refractivity (Wildman–Crippen MR) is 139 cm³/mol. The van der Waals surface area contributed by atoms with Crippen LogP contribution in [-0.2, 0) is 18.4 Å². The monoisotopic (exact) mass is 488 g/mol. The molecule has 1 unspecified atom stereocenters. The van der Waals surface area contributed by atoms with Gasteiger partial charge in [-0.3, -0.25) is 18.7 Å². The van der Waals surface area contributed by atoms with Gasteiger partial charge in [0.05, 0.1) is 5.92 Å². The Kier molecular flexibility index (Phi) is 9.05. The van der Waals surface area contributed by atoms with Crippen molar-refractivity contribution in [1.82, 2.24) is 24.3 Å². The number of aromatic nitrogens is 2. The van der Waals surface area contributed by atoms with Gasteiger partial charge in [-0.15, -0.1) is 0 Å². The number of carbonyl (C=O) groups excluding carboxylic acids is 1. The summed E-state index contributed by atoms with van der Waals surface area (Å²) in [6.45, 7) is 10.3. The Hall–Kier alpha value is -2.13. The smallest absolute Gasteiger partial charge is 0.332 e. The van der Waals surface area contributed by atoms with Crippen LogP contribution in [0.2, 0.25) is 0 Å². The van der Waals surface area contributed by atoms with E-state index >= 15 is 0 Å². The van der Waals surface area contributed by atoms with Crippen LogP contribution in [0.25, 0.3) is 0 Å². The van der Waals surface area contributed by atoms with Crippen molar-refractivity contribution >= 4 is 11.7 Å². The fraction of sp³-hybridized carbons (Fsp3) is 0.808. The second kappa shape index (κ2) is 12.2. The molecule has 0 aliphatic carbocycles. The highest BCUT2D eigenvalue weighted by atomic mass is 16.2. The van der Waals surface area contributed by atoms with E-state index in [0.717, 1.165) is 43.0 Å². The largest absolute Gasteiger partial charge is 0.357 e. The molecule has 9 nitrogen and oxygen atoms in total. The molecule has 1 amide bonds. The summed E-state index contributed by atoms with van der Waals surface area (Å²) in [6, 6.07) is 2.30. The molecule has 0 bridgehead atoms. The summed E-state index contributed by atoms with van der Waals surface area (Å²) < 4.78 is 2.76. The molecule has 4 heterocycles. The van der Waals surface area contributed by atoms with E-state index in [9.17, 15) is 14.4 Å². The Balaban J connectivity index is 1.20. The van der Waals surface area contributed by atoms with E-state index in [1.54, 1.807) is 4.57 Å². The molecular formula is C26H44N6O3. The fourth-order valence-electron chi connectivity index (χ4n) is 6.07. The van der Waals surface area contributed by atoms with Crippen LogP contribution in [0.3, 0.4) is 0 Å². The zero-order valence-electron chi connectivity index (χ0n) is 21.7. The lowest BCUT2D eigenvalue weighted by atomic mass is 9.97. The molecule has 35 heavy (non-hydrogen) atoms. The summed E-state index contributed by atoms with van der Waals surface area (Å²) >= 11 is 0. The third kappa shape index (κ3) is 6.36. The Morgan fingerprint density at radius 2 is 1.74 bits per heavy atom. The molecule has 3 fully saturated rings. The summed E-state index contributed by atoms with van der Waals surface area (Å²) in [6.07, 6.45) is 9.35. The minimum atomic E-state index is -0.304. The summed E-state index contributed by atoms with van der Waals surface area (Å²) in [5.74, 6) is 0.604. The number of carbonyl (C=O) groups is 1. The van der Waals surface area contributed by atoms with Gasteiger partial charge in [-0.05, 0) is 84.6 Å². The van der Waals surface area contributed by atoms with E-state index < -0.39 is 0 Å². The van der Waals surface area contributed by atoms with Crippen LogP contribution in [0.4, 0.5) is 5.82 Å². The number of rotatable bonds is 8. The number of nitrogens with zero attached hydrogens (tertiary/aromatic N) is 5. The van der Waals surface area contributed by atoms with Crippen molar-refractivity contribution in [2.75, 3.05) is 57.3 Å². The highest BCUT2D eigenvalue weighted by molar-refractivity contribution is 5.79. The molecule has 1 atom stereocenters. The lowest BCUT2D eigenvalue weighted by Gasteiger charge is -2.40. The van der Waals surface area contributed by atoms with Gasteiger partial charge < -0.3 is 20.0 Å². The molecule has 0 saturated carbocycles. The van der Waals surface area contributed by atoms with Gasteiger partial charge >= 0.3 is 5.69 Å². The number of likely N-dealkylation sites (tertiary alicyclic amines) is 2. The number of anilines is 1. The van der Waals surface area contributed by atoms with E-state index in [0.29, 0.717) is 25.5 Å². The first-order chi connectivity index (χ1) is 17.0. The third-order valence-electron chi connectivity index (χ3n) is 8.22. The van der Waals surface area contributed by atoms with Crippen molar-refractivity contribution in [1.29, 1.82) is 0 Å². The van der Waals surface area contributed by atoms with Crippen molar-refractivity contribution in [2.24, 2.45) is 13.0 Å². The number of hydrogen-bond acceptors (Lipinski definition) is 6. The van der Waals surface area contributed by atoms with Crippen molar-refractivity contribution < 1.29 is 4.79 Å². The number of nitrogens with one attached hydrogen (secondary N) is 1. The van der Waals surface area contributed by atoms with E-state index in [-0.39, 0.29) is 23.1 Å². The maximum Gasteiger partial charge on any atom is 0.332 e. The zero-order valence-corrected chi connectivity index (χ0v) is 21.7. The van der Waals surface area contributed by atoms with E-state index in [1.165, 1.54) is 71.4 Å². The van der Waals surface area contributed by atoms with Crippen molar-refractivity contribution in [3.05, 3.63) is 26.9 Å². The van der Waals surface area contributed by atoms with Gasteiger partial charge in [0.15, 0.2) is 0 Å². The van der Waals surface area contributed by atoms with Gasteiger partial charge in [-0.25, -0.2) is 4.79 Å². The quantitative estimate of drug-likeness (QED) is 0.555. The van der Waals surface area contributed by atoms with Crippen LogP contribution in [0.1, 0.15) is 58.3 Å². The van der Waals surface area contributed by atoms with E-state index in [4.69, 9.17) is 0 Å². The van der Waals surface area contributed by atoms with Crippen molar-refractivity contribution in [3.63, 3.8) is 0 Å². The molecule has 1 aromatic heterocycles. The van der Waals surface area contributed by atoms with Crippen molar-refractivity contribution in [3.8, 4) is 0 Å². The molecule has 3 aliphatic heterocycles. The topological polar surface area (TPSA) is 82.8 Å². The average Bonchev–Trinajstić information content (AvgIpc) is 2.90. The van der Waals surface area contributed by atoms with Gasteiger partial charge in [-0.1, -0.05) is 6.42 Å². The molecule has 3 aliphatic rings. The molecule has 0 radical (unpaired) electrons. The molecule has 1 N–H and O–H groups in total. The molecule has 1 aromatic rings. The second-order valence-electron chi connectivity index (χ2n) is 10.5. The minimum Gasteiger partial charge on any atom is -0.357 e. The Bertz CT molecular complexity index is 959. The summed E-state index contributed by atoms with van der Waals surface area (Å²) in [4.78, 5) is 44.9. The molecule has 0 spiro atoms. The van der Waals surface area contributed by atoms with E-state index in [1.807, 2.05) is 11.8 Å². The zero-order chi connectivity index (χ0) is 24.8. The Labute approximate surface area is 209 Å². The summed E-state index contributed by atoms with van der Waals surface area (Å²) in [5, 5.41) is 3.15. The lowest BCUT2D eigenvalue weighted by Crippen LogP contribution is -2.48. The maximum absolute atomic E-state index is 12.9. The predicted octanol–water partition coefficient (Wildman–Crippen LogP) is 1.24. The van der Waals surface area contributed by atoms with Crippen LogP contribution in [-0.4, -0.2) is 83.2 Å². The fourth-order valence-corrected chi connectivity index (χ4v) is 6.07. The van der Waals surface area contributed by atoms with Crippen LogP contribution in [0.15, 0.2) is 15.7 Å². The van der Waals surface area contributed by atoms with Crippen LogP contribution in [0, 0.1) is 5.92 Å². The lowest BCUT2D eigenvalue weighted by molar-refractivity contribution is -0.125. The summed E-state index contributed by atoms with van der Waals surface area (Å²) in [5.41, 5.74) is -0.609. The normalized spacial score (nSPS) is 22.9. The Morgan fingerprint density at radius 3 is 2.46 bits per heavy atom. The first-order valence-electron chi connectivity index (χ1n) is 13.8. The molecule has 0 aromatic carbocycles. The highest BCUT2D eigenvalue weighted by Gasteiger charge is 2.28. The average molecular weight is 489 g/mol. The maximum atomic E-state index is 12.9. The Morgan fingerprint density at radius 1 is 1.00 bits per heavy atom. The van der Waals surface area contributed by atoms with E-state index in [2.05, 4.69) is 15.1 Å². The first-order valence-corrected chi connectivity index (χ1v) is 13.8. The van der Waals surface area contributed by atoms with Crippen molar-refractivity contribution in [2.45, 2.75) is 70.9 Å². The number of piperidine rings is 3. The molecule has 9 heteroatoms. The molecule has 3 saturated heterocycles. The number of amides is 1. The second-order valence-corrected chi connectivity index (χ2v) is 10.5. The highest BCUT2D eigenvalue weighted by Crippen LogP contribution is 2.23. The number of hydrogen-bond donors (Lipinski definition) is 1. The van der Waals surface area contributed by atoms with Crippen LogP contribution in [0.5, 0.6) is 0 Å². The van der Waals surface area contributed by atoms with Crippen LogP contribution < -0.4 is 21.5 Å². The molecule has 4 rings (SSSR count). The van der Waals surface area contributed by atoms with Gasteiger partial charge in [0.2, 0.25) is 5.91 Å². The van der Waals surface area contributed by atoms with Gasteiger partial charge in [0.1, 0.15) is 5.82 Å². The van der Waals surface area contributed by atoms with Gasteiger partial charge in [0, 0.05) is 45.3 Å².